The first-order valence-corrected chi connectivity index (χ1v) is 7.88. The molecule has 1 amide bonds. The molecule has 0 aliphatic carbocycles. The second kappa shape index (κ2) is 8.11. The lowest BCUT2D eigenvalue weighted by atomic mass is 10.2. The molecule has 0 aromatic rings. The molecule has 0 saturated carbocycles. The topological polar surface area (TPSA) is 102 Å². The highest BCUT2D eigenvalue weighted by Crippen LogP contribution is 2.35. The number of esters is 1. The number of carbonyl (C=O) groups is 2. The van der Waals surface area contributed by atoms with E-state index in [0.29, 0.717) is 6.42 Å². The Morgan fingerprint density at radius 2 is 1.94 bits per heavy atom. The lowest BCUT2D eigenvalue weighted by Gasteiger charge is -2.09. The summed E-state index contributed by atoms with van der Waals surface area (Å²) in [6, 6.07) is 0. The van der Waals surface area contributed by atoms with Gasteiger partial charge in [0.15, 0.2) is 7.37 Å². The van der Waals surface area contributed by atoms with Gasteiger partial charge < -0.3 is 19.7 Å². The second-order valence-electron chi connectivity index (χ2n) is 4.22. The third-order valence-electron chi connectivity index (χ3n) is 1.88. The van der Waals surface area contributed by atoms with E-state index in [1.807, 2.05) is 0 Å². The van der Waals surface area contributed by atoms with Crippen LogP contribution in [-0.2, 0) is 18.8 Å². The minimum absolute atomic E-state index is 0.135. The van der Waals surface area contributed by atoms with Crippen molar-refractivity contribution in [3.63, 3.8) is 0 Å². The summed E-state index contributed by atoms with van der Waals surface area (Å²) >= 11 is 0. The summed E-state index contributed by atoms with van der Waals surface area (Å²) in [6.45, 7) is 4.39. The Morgan fingerprint density at radius 3 is 2.44 bits per heavy atom. The zero-order valence-corrected chi connectivity index (χ0v) is 11.7. The molecule has 0 aliphatic heterocycles. The summed E-state index contributed by atoms with van der Waals surface area (Å²) in [5.74, 6) is -0.727. The van der Waals surface area contributed by atoms with Crippen molar-refractivity contribution in [1.29, 1.82) is 0 Å². The van der Waals surface area contributed by atoms with Crippen LogP contribution in [0.3, 0.4) is 0 Å². The van der Waals surface area contributed by atoms with Crippen LogP contribution in [0.5, 0.6) is 0 Å². The maximum atomic E-state index is 11.1. The summed E-state index contributed by atoms with van der Waals surface area (Å²) in [5.41, 5.74) is 0. The van der Waals surface area contributed by atoms with Crippen LogP contribution in [0.1, 0.15) is 20.3 Å². The minimum atomic E-state index is -3.03. The van der Waals surface area contributed by atoms with Crippen molar-refractivity contribution in [3.8, 4) is 0 Å². The molecule has 0 radical (unpaired) electrons. The van der Waals surface area contributed by atoms with E-state index in [2.05, 4.69) is 14.8 Å². The van der Waals surface area contributed by atoms with E-state index in [9.17, 15) is 14.2 Å². The predicted molar refractivity (Wildman–Crippen MR) is 65.5 cm³/mol. The third-order valence-corrected chi connectivity index (χ3v) is 3.03. The first kappa shape index (κ1) is 16.9. The van der Waals surface area contributed by atoms with Crippen LogP contribution in [0.25, 0.3) is 0 Å². The van der Waals surface area contributed by atoms with Crippen LogP contribution in [0, 0.1) is 5.92 Å². The first-order valence-electron chi connectivity index (χ1n) is 5.59. The Balaban J connectivity index is 3.55. The van der Waals surface area contributed by atoms with Gasteiger partial charge in [0.25, 0.3) is 0 Å². The lowest BCUT2D eigenvalue weighted by molar-refractivity contribution is -0.155. The molecule has 0 aliphatic rings. The molecule has 0 spiro atoms. The van der Waals surface area contributed by atoms with Gasteiger partial charge in [-0.25, -0.2) is 4.79 Å². The fourth-order valence-corrected chi connectivity index (χ4v) is 1.67. The monoisotopic (exact) mass is 281 g/mol. The van der Waals surface area contributed by atoms with Crippen molar-refractivity contribution >= 4 is 19.4 Å². The zero-order valence-electron chi connectivity index (χ0n) is 10.8. The maximum Gasteiger partial charge on any atom is 0.410 e. The fraction of sp³-hybridized carbons (Fsp3) is 0.800. The molecule has 0 heterocycles. The van der Waals surface area contributed by atoms with Gasteiger partial charge in [0, 0.05) is 19.4 Å². The van der Waals surface area contributed by atoms with Crippen LogP contribution in [0.15, 0.2) is 0 Å². The number of nitrogens with one attached hydrogen (secondary N) is 1. The second-order valence-corrected chi connectivity index (χ2v) is 6.77. The molecular formula is C10H20NO6P. The maximum absolute atomic E-state index is 11.1. The number of amides is 1. The van der Waals surface area contributed by atoms with E-state index >= 15 is 0 Å². The molecule has 18 heavy (non-hydrogen) atoms. The Kier molecular flexibility index (Phi) is 7.62. The summed E-state index contributed by atoms with van der Waals surface area (Å²) in [5, 5.41) is 2.37. The minimum Gasteiger partial charge on any atom is -0.428 e. The molecular weight excluding hydrogens is 261 g/mol. The van der Waals surface area contributed by atoms with Gasteiger partial charge in [-0.1, -0.05) is 13.8 Å². The predicted octanol–water partition coefficient (Wildman–Crippen LogP) is 1.16. The molecule has 0 saturated heterocycles. The number of hydrogen-bond acceptors (Lipinski definition) is 5. The number of alkyl carbamates (subject to hydrolysis) is 1. The third kappa shape index (κ3) is 10.1. The number of hydrogen-bond donors (Lipinski definition) is 2. The van der Waals surface area contributed by atoms with Crippen LogP contribution < -0.4 is 5.32 Å². The highest BCUT2D eigenvalue weighted by Gasteiger charge is 2.11. The Hall–Kier alpha value is -1.07. The fourth-order valence-electron chi connectivity index (χ4n) is 0.922. The van der Waals surface area contributed by atoms with E-state index in [1.165, 1.54) is 6.66 Å². The van der Waals surface area contributed by atoms with Crippen molar-refractivity contribution < 1.29 is 28.5 Å². The van der Waals surface area contributed by atoms with Gasteiger partial charge in [-0.05, 0) is 6.42 Å². The molecule has 0 aromatic carbocycles. The SMILES string of the molecule is CC(C)C(=O)OCOC(=O)NCCCP(C)(=O)O. The van der Waals surface area contributed by atoms with Crippen molar-refractivity contribution in [2.45, 2.75) is 20.3 Å². The smallest absolute Gasteiger partial charge is 0.410 e. The average Bonchev–Trinajstić information content (AvgIpc) is 2.22. The molecule has 8 heteroatoms. The molecule has 2 N–H and O–H groups in total. The van der Waals surface area contributed by atoms with E-state index in [1.54, 1.807) is 13.8 Å². The normalized spacial score (nSPS) is 13.8. The molecule has 7 nitrogen and oxygen atoms in total. The van der Waals surface area contributed by atoms with E-state index in [4.69, 9.17) is 4.89 Å². The van der Waals surface area contributed by atoms with E-state index < -0.39 is 26.2 Å². The van der Waals surface area contributed by atoms with Gasteiger partial charge in [-0.3, -0.25) is 9.36 Å². The van der Waals surface area contributed by atoms with Crippen LogP contribution in [0.4, 0.5) is 4.79 Å². The number of ether oxygens (including phenoxy) is 2. The highest BCUT2D eigenvalue weighted by molar-refractivity contribution is 7.57. The van der Waals surface area contributed by atoms with E-state index in [-0.39, 0.29) is 18.6 Å². The summed E-state index contributed by atoms with van der Waals surface area (Å²) in [6.07, 6.45) is -0.212. The summed E-state index contributed by atoms with van der Waals surface area (Å²) in [4.78, 5) is 31.1. The van der Waals surface area contributed by atoms with Gasteiger partial charge in [0.1, 0.15) is 0 Å². The number of carbonyl (C=O) groups excluding carboxylic acids is 2. The Labute approximate surface area is 106 Å². The van der Waals surface area contributed by atoms with Crippen molar-refractivity contribution in [3.05, 3.63) is 0 Å². The summed E-state index contributed by atoms with van der Waals surface area (Å²) in [7, 11) is -3.03. The lowest BCUT2D eigenvalue weighted by Crippen LogP contribution is -2.27. The highest BCUT2D eigenvalue weighted by atomic mass is 31.2. The molecule has 1 unspecified atom stereocenters. The molecule has 0 aromatic heterocycles. The average molecular weight is 281 g/mol. The molecule has 0 bridgehead atoms. The van der Waals surface area contributed by atoms with Gasteiger partial charge in [0.05, 0.1) is 5.92 Å². The van der Waals surface area contributed by atoms with Crippen LogP contribution in [0.2, 0.25) is 0 Å². The summed E-state index contributed by atoms with van der Waals surface area (Å²) < 4.78 is 20.1. The van der Waals surface area contributed by atoms with Gasteiger partial charge >= 0.3 is 12.1 Å². The molecule has 0 fully saturated rings. The van der Waals surface area contributed by atoms with Crippen molar-refractivity contribution in [1.82, 2.24) is 5.32 Å². The molecule has 106 valence electrons. The molecule has 1 atom stereocenters. The van der Waals surface area contributed by atoms with Crippen LogP contribution >= 0.6 is 7.37 Å². The van der Waals surface area contributed by atoms with Gasteiger partial charge in [0.2, 0.25) is 6.79 Å². The molecule has 0 rings (SSSR count). The van der Waals surface area contributed by atoms with Crippen molar-refractivity contribution in [2.75, 3.05) is 26.2 Å². The largest absolute Gasteiger partial charge is 0.428 e. The quantitative estimate of drug-likeness (QED) is 0.314. The van der Waals surface area contributed by atoms with Gasteiger partial charge in [-0.2, -0.15) is 0 Å². The van der Waals surface area contributed by atoms with Gasteiger partial charge in [-0.15, -0.1) is 0 Å². The Morgan fingerprint density at radius 1 is 1.33 bits per heavy atom. The number of rotatable bonds is 7. The standard InChI is InChI=1S/C10H20NO6P/c1-8(2)9(12)16-7-17-10(13)11-5-4-6-18(3,14)15/h8H,4-7H2,1-3H3,(H,11,13)(H,14,15). The zero-order chi connectivity index (χ0) is 14.2. The van der Waals surface area contributed by atoms with Crippen molar-refractivity contribution in [2.24, 2.45) is 5.92 Å². The first-order chi connectivity index (χ1) is 8.22. The van der Waals surface area contributed by atoms with E-state index in [0.717, 1.165) is 0 Å². The van der Waals surface area contributed by atoms with Crippen LogP contribution in [-0.4, -0.2) is 43.1 Å². The Bertz CT molecular complexity index is 324.